The molecule has 0 aliphatic heterocycles. The predicted octanol–water partition coefficient (Wildman–Crippen LogP) is 6.51. The first-order chi connectivity index (χ1) is 20.1. The van der Waals surface area contributed by atoms with Crippen LogP contribution in [0.25, 0.3) is 33.4 Å². The minimum Gasteiger partial charge on any atom is -0.481 e. The van der Waals surface area contributed by atoms with E-state index in [0.717, 1.165) is 44.5 Å². The van der Waals surface area contributed by atoms with E-state index < -0.39 is 35.7 Å². The molecule has 0 amide bonds. The first kappa shape index (κ1) is 28.0. The quantitative estimate of drug-likeness (QED) is 0.243. The maximum Gasteiger partial charge on any atom is 0.335 e. The number of carboxylic acid groups (broad SMARTS) is 4. The molecule has 0 saturated carbocycles. The highest BCUT2D eigenvalue weighted by Crippen LogP contribution is 2.41. The molecule has 0 aromatic heterocycles. The van der Waals surface area contributed by atoms with Gasteiger partial charge in [0.1, 0.15) is 0 Å². The third kappa shape index (κ3) is 5.69. The second kappa shape index (κ2) is 11.5. The van der Waals surface area contributed by atoms with Crippen LogP contribution in [0.2, 0.25) is 0 Å². The fourth-order valence-electron chi connectivity index (χ4n) is 5.15. The topological polar surface area (TPSA) is 149 Å². The number of carbonyl (C=O) groups is 4. The van der Waals surface area contributed by atoms with Crippen molar-refractivity contribution in [1.29, 1.82) is 0 Å². The highest BCUT2D eigenvalue weighted by molar-refractivity contribution is 5.97. The van der Waals surface area contributed by atoms with Crippen molar-refractivity contribution in [2.24, 2.45) is 11.8 Å². The summed E-state index contributed by atoms with van der Waals surface area (Å²) in [5, 5.41) is 37.7. The maximum atomic E-state index is 11.6. The van der Waals surface area contributed by atoms with Gasteiger partial charge in [0.2, 0.25) is 0 Å². The van der Waals surface area contributed by atoms with Gasteiger partial charge >= 0.3 is 23.9 Å². The molecule has 5 rings (SSSR count). The molecule has 210 valence electrons. The second-order valence-electron chi connectivity index (χ2n) is 10.1. The van der Waals surface area contributed by atoms with Gasteiger partial charge in [0.25, 0.3) is 0 Å². The third-order valence-electron chi connectivity index (χ3n) is 7.50. The molecule has 2 atom stereocenters. The van der Waals surface area contributed by atoms with E-state index in [9.17, 15) is 39.6 Å². The average molecular weight is 563 g/mol. The van der Waals surface area contributed by atoms with E-state index >= 15 is 0 Å². The second-order valence-corrected chi connectivity index (χ2v) is 10.1. The van der Waals surface area contributed by atoms with E-state index in [1.807, 2.05) is 24.3 Å². The van der Waals surface area contributed by atoms with Gasteiger partial charge in [-0.2, -0.15) is 0 Å². The third-order valence-corrected chi connectivity index (χ3v) is 7.50. The molecule has 42 heavy (non-hydrogen) atoms. The zero-order chi connectivity index (χ0) is 30.0. The number of aliphatic carboxylic acids is 2. The van der Waals surface area contributed by atoms with Crippen molar-refractivity contribution in [3.05, 3.63) is 119 Å². The van der Waals surface area contributed by atoms with Crippen LogP contribution in [0, 0.1) is 11.8 Å². The van der Waals surface area contributed by atoms with E-state index in [1.54, 1.807) is 48.6 Å². The number of rotatable bonds is 8. The van der Waals surface area contributed by atoms with Gasteiger partial charge in [-0.25, -0.2) is 9.59 Å². The Labute approximate surface area is 240 Å². The summed E-state index contributed by atoms with van der Waals surface area (Å²) >= 11 is 0. The molecule has 0 fully saturated rings. The zero-order valence-corrected chi connectivity index (χ0v) is 22.2. The Balaban J connectivity index is 1.73. The molecule has 8 nitrogen and oxygen atoms in total. The van der Waals surface area contributed by atoms with E-state index in [-0.39, 0.29) is 11.1 Å². The van der Waals surface area contributed by atoms with Gasteiger partial charge in [-0.1, -0.05) is 60.7 Å². The molecule has 0 saturated heterocycles. The lowest BCUT2D eigenvalue weighted by molar-refractivity contribution is -0.140. The molecule has 2 aliphatic carbocycles. The monoisotopic (exact) mass is 562 g/mol. The molecule has 0 spiro atoms. The van der Waals surface area contributed by atoms with E-state index in [4.69, 9.17) is 0 Å². The van der Waals surface area contributed by atoms with Crippen LogP contribution >= 0.6 is 0 Å². The van der Waals surface area contributed by atoms with Crippen LogP contribution in [0.4, 0.5) is 0 Å². The van der Waals surface area contributed by atoms with Crippen LogP contribution in [-0.4, -0.2) is 44.3 Å². The van der Waals surface area contributed by atoms with Crippen LogP contribution in [0.3, 0.4) is 0 Å². The molecule has 8 heteroatoms. The van der Waals surface area contributed by atoms with Crippen LogP contribution < -0.4 is 0 Å². The van der Waals surface area contributed by atoms with Crippen molar-refractivity contribution in [3.8, 4) is 22.3 Å². The largest absolute Gasteiger partial charge is 0.481 e. The molecule has 4 N–H and O–H groups in total. The summed E-state index contributed by atoms with van der Waals surface area (Å²) in [7, 11) is 0. The molecular formula is C34H26O8. The summed E-state index contributed by atoms with van der Waals surface area (Å²) in [5.41, 5.74) is 6.43. The lowest BCUT2D eigenvalue weighted by atomic mass is 9.82. The van der Waals surface area contributed by atoms with Gasteiger partial charge in [0, 0.05) is 0 Å². The van der Waals surface area contributed by atoms with Gasteiger partial charge < -0.3 is 20.4 Å². The SMILES string of the molecule is O=C(O)c1ccc(-c2cc(C3=CCC(C(=O)O)C=C3)c(-c3ccc(C(=O)O)cc3)cc2C2=CCC(C(=O)O)C=C2)cc1. The fourth-order valence-corrected chi connectivity index (χ4v) is 5.15. The molecule has 3 aromatic carbocycles. The Bertz CT molecular complexity index is 1590. The number of hydrogen-bond donors (Lipinski definition) is 4. The van der Waals surface area contributed by atoms with Crippen molar-refractivity contribution >= 4 is 35.0 Å². The van der Waals surface area contributed by atoms with Crippen LogP contribution in [0.15, 0.2) is 97.1 Å². The first-order valence-corrected chi connectivity index (χ1v) is 13.2. The van der Waals surface area contributed by atoms with Crippen LogP contribution in [-0.2, 0) is 9.59 Å². The predicted molar refractivity (Wildman–Crippen MR) is 157 cm³/mol. The summed E-state index contributed by atoms with van der Waals surface area (Å²) in [6, 6.07) is 16.8. The average Bonchev–Trinajstić information content (AvgIpc) is 3.00. The maximum absolute atomic E-state index is 11.6. The van der Waals surface area contributed by atoms with Gasteiger partial charge in [-0.3, -0.25) is 9.59 Å². The zero-order valence-electron chi connectivity index (χ0n) is 22.2. The van der Waals surface area contributed by atoms with Crippen LogP contribution in [0.5, 0.6) is 0 Å². The van der Waals surface area contributed by atoms with Crippen molar-refractivity contribution in [2.75, 3.05) is 0 Å². The molecule has 0 bridgehead atoms. The first-order valence-electron chi connectivity index (χ1n) is 13.2. The minimum atomic E-state index is -1.05. The highest BCUT2D eigenvalue weighted by atomic mass is 16.4. The van der Waals surface area contributed by atoms with Crippen molar-refractivity contribution < 1.29 is 39.6 Å². The van der Waals surface area contributed by atoms with Gasteiger partial charge in [-0.05, 0) is 93.8 Å². The molecule has 0 heterocycles. The Morgan fingerprint density at radius 3 is 1.14 bits per heavy atom. The molecule has 3 aromatic rings. The minimum absolute atomic E-state index is 0.134. The molecular weight excluding hydrogens is 536 g/mol. The standard InChI is InChI=1S/C34H26O8/c35-31(36)23-9-1-19(2-10-23)27-17-29(21-5-13-25(14-6-21)33(39)40)30(22-7-15-26(16-8-22)34(41)42)18-28(27)20-3-11-24(12-4-20)32(37)38/h1-11,13,15-18,24-25H,12,14H2,(H,35,36)(H,37,38)(H,39,40)(H,41,42). The van der Waals surface area contributed by atoms with Crippen molar-refractivity contribution in [3.63, 3.8) is 0 Å². The molecule has 2 unspecified atom stereocenters. The van der Waals surface area contributed by atoms with Gasteiger partial charge in [0.05, 0.1) is 23.0 Å². The molecule has 2 aliphatic rings. The number of aromatic carboxylic acids is 2. The van der Waals surface area contributed by atoms with Crippen LogP contribution in [0.1, 0.15) is 44.7 Å². The Kier molecular flexibility index (Phi) is 7.71. The van der Waals surface area contributed by atoms with E-state index in [2.05, 4.69) is 0 Å². The van der Waals surface area contributed by atoms with Crippen molar-refractivity contribution in [2.45, 2.75) is 12.8 Å². The van der Waals surface area contributed by atoms with Gasteiger partial charge in [0.15, 0.2) is 0 Å². The Morgan fingerprint density at radius 2 is 0.881 bits per heavy atom. The smallest absolute Gasteiger partial charge is 0.335 e. The lowest BCUT2D eigenvalue weighted by Gasteiger charge is -2.22. The highest BCUT2D eigenvalue weighted by Gasteiger charge is 2.23. The molecule has 0 radical (unpaired) electrons. The number of carboxylic acids is 4. The summed E-state index contributed by atoms with van der Waals surface area (Å²) in [6.45, 7) is 0. The summed E-state index contributed by atoms with van der Waals surface area (Å²) in [4.78, 5) is 46.1. The number of allylic oxidation sites excluding steroid dienone is 6. The van der Waals surface area contributed by atoms with Gasteiger partial charge in [-0.15, -0.1) is 0 Å². The van der Waals surface area contributed by atoms with E-state index in [0.29, 0.717) is 12.8 Å². The normalized spacial score (nSPS) is 17.7. The summed E-state index contributed by atoms with van der Waals surface area (Å²) < 4.78 is 0. The van der Waals surface area contributed by atoms with Crippen molar-refractivity contribution in [1.82, 2.24) is 0 Å². The lowest BCUT2D eigenvalue weighted by Crippen LogP contribution is -2.12. The fraction of sp³-hybridized carbons (Fsp3) is 0.118. The summed E-state index contributed by atoms with van der Waals surface area (Å²) in [6.07, 6.45) is 11.1. The number of hydrogen-bond acceptors (Lipinski definition) is 4. The number of benzene rings is 3. The Morgan fingerprint density at radius 1 is 0.524 bits per heavy atom. The van der Waals surface area contributed by atoms with E-state index in [1.165, 1.54) is 24.3 Å². The Hall–Kier alpha value is -5.50. The summed E-state index contributed by atoms with van der Waals surface area (Å²) in [5.74, 6) is -5.23.